The van der Waals surface area contributed by atoms with E-state index in [4.69, 9.17) is 11.6 Å². The van der Waals surface area contributed by atoms with E-state index in [1.165, 1.54) is 0 Å². The Bertz CT molecular complexity index is 470. The van der Waals surface area contributed by atoms with Crippen molar-refractivity contribution in [2.24, 2.45) is 11.8 Å². The van der Waals surface area contributed by atoms with Crippen LogP contribution in [0.4, 0.5) is 5.69 Å². The normalized spacial score (nSPS) is 21.8. The molecule has 1 saturated carbocycles. The number of hydrogen-bond acceptors (Lipinski definition) is 1. The average molecular weight is 266 g/mol. The molecule has 2 nitrogen and oxygen atoms in total. The van der Waals surface area contributed by atoms with E-state index in [-0.39, 0.29) is 11.8 Å². The molecule has 1 N–H and O–H groups in total. The highest BCUT2D eigenvalue weighted by molar-refractivity contribution is 6.32. The number of carbonyl (C=O) groups excluding carboxylic acids is 1. The zero-order valence-electron chi connectivity index (χ0n) is 11.2. The minimum Gasteiger partial charge on any atom is -0.325 e. The second kappa shape index (κ2) is 5.31. The van der Waals surface area contributed by atoms with Gasteiger partial charge in [0.25, 0.3) is 0 Å². The van der Waals surface area contributed by atoms with Crippen LogP contribution in [-0.4, -0.2) is 5.91 Å². The van der Waals surface area contributed by atoms with Gasteiger partial charge in [-0.25, -0.2) is 0 Å². The lowest BCUT2D eigenvalue weighted by molar-refractivity contribution is -0.117. The van der Waals surface area contributed by atoms with E-state index in [1.807, 2.05) is 12.1 Å². The highest BCUT2D eigenvalue weighted by atomic mass is 35.5. The fourth-order valence-corrected chi connectivity index (χ4v) is 2.66. The number of rotatable bonds is 4. The molecule has 0 saturated heterocycles. The van der Waals surface area contributed by atoms with Gasteiger partial charge in [-0.15, -0.1) is 0 Å². The Hall–Kier alpha value is -1.02. The standard InChI is InChI=1S/C15H20ClNO/c1-4-10-6-7-13(16)11(5-2)14(10)17-15(18)12-8-9(12)3/h6-7,9,12H,4-5,8H2,1-3H3,(H,17,18)/t9-,12+/m0/s1. The van der Waals surface area contributed by atoms with E-state index >= 15 is 0 Å². The molecule has 0 spiro atoms. The number of aryl methyl sites for hydroxylation is 1. The molecule has 0 radical (unpaired) electrons. The molecule has 3 heteroatoms. The average Bonchev–Trinajstić information content (AvgIpc) is 3.07. The molecule has 1 aliphatic rings. The van der Waals surface area contributed by atoms with Crippen LogP contribution >= 0.6 is 11.6 Å². The summed E-state index contributed by atoms with van der Waals surface area (Å²) in [6.07, 6.45) is 2.75. The molecule has 1 amide bonds. The van der Waals surface area contributed by atoms with Gasteiger partial charge in [0, 0.05) is 16.6 Å². The summed E-state index contributed by atoms with van der Waals surface area (Å²) >= 11 is 6.21. The molecule has 1 aliphatic carbocycles. The molecule has 18 heavy (non-hydrogen) atoms. The van der Waals surface area contributed by atoms with E-state index in [9.17, 15) is 4.79 Å². The molecular formula is C15H20ClNO. The van der Waals surface area contributed by atoms with E-state index in [1.54, 1.807) is 0 Å². The first kappa shape index (κ1) is 13.4. The fraction of sp³-hybridized carbons (Fsp3) is 0.533. The van der Waals surface area contributed by atoms with Crippen LogP contribution < -0.4 is 5.32 Å². The fourth-order valence-electron chi connectivity index (χ4n) is 2.37. The molecule has 1 fully saturated rings. The maximum absolute atomic E-state index is 12.1. The molecular weight excluding hydrogens is 246 g/mol. The van der Waals surface area contributed by atoms with Gasteiger partial charge in [-0.1, -0.05) is 38.4 Å². The Labute approximate surface area is 114 Å². The summed E-state index contributed by atoms with van der Waals surface area (Å²) in [5.41, 5.74) is 3.16. The van der Waals surface area contributed by atoms with Crippen molar-refractivity contribution in [1.82, 2.24) is 0 Å². The number of hydrogen-bond donors (Lipinski definition) is 1. The van der Waals surface area contributed by atoms with Crippen LogP contribution in [0.5, 0.6) is 0 Å². The van der Waals surface area contributed by atoms with Crippen molar-refractivity contribution in [3.63, 3.8) is 0 Å². The van der Waals surface area contributed by atoms with Crippen LogP contribution in [0.3, 0.4) is 0 Å². The van der Waals surface area contributed by atoms with Crippen LogP contribution in [0, 0.1) is 11.8 Å². The topological polar surface area (TPSA) is 29.1 Å². The third-order valence-corrected chi connectivity index (χ3v) is 4.13. The van der Waals surface area contributed by atoms with Crippen LogP contribution in [0.2, 0.25) is 5.02 Å². The predicted molar refractivity (Wildman–Crippen MR) is 76.1 cm³/mol. The summed E-state index contributed by atoms with van der Waals surface area (Å²) in [6, 6.07) is 3.93. The Morgan fingerprint density at radius 3 is 2.56 bits per heavy atom. The zero-order valence-corrected chi connectivity index (χ0v) is 12.0. The van der Waals surface area contributed by atoms with Gasteiger partial charge in [0.1, 0.15) is 0 Å². The number of anilines is 1. The first-order chi connectivity index (χ1) is 8.58. The van der Waals surface area contributed by atoms with Crippen LogP contribution in [0.15, 0.2) is 12.1 Å². The largest absolute Gasteiger partial charge is 0.325 e. The maximum atomic E-state index is 12.1. The minimum absolute atomic E-state index is 0.147. The number of amides is 1. The molecule has 0 aliphatic heterocycles. The lowest BCUT2D eigenvalue weighted by Crippen LogP contribution is -2.17. The third kappa shape index (κ3) is 2.54. The van der Waals surface area contributed by atoms with Crippen molar-refractivity contribution in [3.05, 3.63) is 28.3 Å². The van der Waals surface area contributed by atoms with E-state index < -0.39 is 0 Å². The molecule has 0 aromatic heterocycles. The molecule has 0 unspecified atom stereocenters. The van der Waals surface area contributed by atoms with E-state index in [0.717, 1.165) is 41.1 Å². The molecule has 1 aromatic rings. The van der Waals surface area contributed by atoms with Crippen molar-refractivity contribution in [3.8, 4) is 0 Å². The van der Waals surface area contributed by atoms with Gasteiger partial charge in [0.05, 0.1) is 0 Å². The van der Waals surface area contributed by atoms with Crippen molar-refractivity contribution >= 4 is 23.2 Å². The third-order valence-electron chi connectivity index (χ3n) is 3.77. The number of benzene rings is 1. The van der Waals surface area contributed by atoms with Crippen LogP contribution in [0.25, 0.3) is 0 Å². The quantitative estimate of drug-likeness (QED) is 0.874. The zero-order chi connectivity index (χ0) is 13.3. The first-order valence-corrected chi connectivity index (χ1v) is 7.07. The summed E-state index contributed by atoms with van der Waals surface area (Å²) in [4.78, 5) is 12.1. The molecule has 2 atom stereocenters. The second-order valence-electron chi connectivity index (χ2n) is 5.08. The summed E-state index contributed by atoms with van der Waals surface area (Å²) in [6.45, 7) is 6.28. The van der Waals surface area contributed by atoms with Gasteiger partial charge in [0.15, 0.2) is 0 Å². The highest BCUT2D eigenvalue weighted by Crippen LogP contribution is 2.39. The summed E-state index contributed by atoms with van der Waals surface area (Å²) in [7, 11) is 0. The Morgan fingerprint density at radius 1 is 1.39 bits per heavy atom. The van der Waals surface area contributed by atoms with Crippen molar-refractivity contribution in [1.29, 1.82) is 0 Å². The summed E-state index contributed by atoms with van der Waals surface area (Å²) in [5.74, 6) is 0.867. The predicted octanol–water partition coefficient (Wildman–Crippen LogP) is 4.06. The second-order valence-corrected chi connectivity index (χ2v) is 5.48. The van der Waals surface area contributed by atoms with Crippen LogP contribution in [0.1, 0.15) is 38.3 Å². The molecule has 98 valence electrons. The van der Waals surface area contributed by atoms with Gasteiger partial charge in [-0.3, -0.25) is 4.79 Å². The van der Waals surface area contributed by atoms with Crippen molar-refractivity contribution in [2.45, 2.75) is 40.0 Å². The molecule has 2 rings (SSSR count). The molecule has 1 aromatic carbocycles. The van der Waals surface area contributed by atoms with E-state index in [0.29, 0.717) is 5.92 Å². The van der Waals surface area contributed by atoms with Gasteiger partial charge < -0.3 is 5.32 Å². The maximum Gasteiger partial charge on any atom is 0.227 e. The van der Waals surface area contributed by atoms with Gasteiger partial charge in [-0.2, -0.15) is 0 Å². The number of carbonyl (C=O) groups is 1. The Morgan fingerprint density at radius 2 is 2.06 bits per heavy atom. The van der Waals surface area contributed by atoms with Gasteiger partial charge in [0.2, 0.25) is 5.91 Å². The van der Waals surface area contributed by atoms with Crippen molar-refractivity contribution in [2.75, 3.05) is 5.32 Å². The van der Waals surface area contributed by atoms with Crippen molar-refractivity contribution < 1.29 is 4.79 Å². The SMILES string of the molecule is CCc1ccc(Cl)c(CC)c1NC(=O)[C@@H]1C[C@@H]1C. The monoisotopic (exact) mass is 265 g/mol. The first-order valence-electron chi connectivity index (χ1n) is 6.69. The Kier molecular flexibility index (Phi) is 3.96. The van der Waals surface area contributed by atoms with Gasteiger partial charge in [-0.05, 0) is 42.4 Å². The Balaban J connectivity index is 2.29. The summed E-state index contributed by atoms with van der Waals surface area (Å²) in [5, 5.41) is 3.84. The number of nitrogens with one attached hydrogen (secondary N) is 1. The highest BCUT2D eigenvalue weighted by Gasteiger charge is 2.39. The van der Waals surface area contributed by atoms with E-state index in [2.05, 4.69) is 26.1 Å². The molecule has 0 bridgehead atoms. The van der Waals surface area contributed by atoms with Gasteiger partial charge >= 0.3 is 0 Å². The smallest absolute Gasteiger partial charge is 0.227 e. The minimum atomic E-state index is 0.147. The van der Waals surface area contributed by atoms with Crippen LogP contribution in [-0.2, 0) is 17.6 Å². The molecule has 0 heterocycles. The number of halogens is 1. The lowest BCUT2D eigenvalue weighted by atomic mass is 10.0. The summed E-state index contributed by atoms with van der Waals surface area (Å²) < 4.78 is 0. The lowest BCUT2D eigenvalue weighted by Gasteiger charge is -2.15.